The molecule has 0 saturated heterocycles. The van der Waals surface area contributed by atoms with Crippen LogP contribution >= 0.6 is 11.3 Å². The summed E-state index contributed by atoms with van der Waals surface area (Å²) in [7, 11) is 1.88. The summed E-state index contributed by atoms with van der Waals surface area (Å²) in [6, 6.07) is 4.24. The van der Waals surface area contributed by atoms with Crippen molar-refractivity contribution in [1.82, 2.24) is 19.7 Å². The number of hydrogen-bond acceptors (Lipinski definition) is 4. The summed E-state index contributed by atoms with van der Waals surface area (Å²) in [5.41, 5.74) is 4.53. The van der Waals surface area contributed by atoms with E-state index >= 15 is 0 Å². The molecule has 1 aliphatic rings. The second-order valence-corrected chi connectivity index (χ2v) is 7.69. The van der Waals surface area contributed by atoms with E-state index in [9.17, 15) is 4.79 Å². The number of fused-ring (bicyclic) bond motifs is 2. The van der Waals surface area contributed by atoms with Gasteiger partial charge in [0.1, 0.15) is 0 Å². The average Bonchev–Trinajstić information content (AvgIpc) is 3.17. The van der Waals surface area contributed by atoms with Crippen molar-refractivity contribution < 1.29 is 4.79 Å². The Morgan fingerprint density at radius 1 is 1.40 bits per heavy atom. The third-order valence-corrected chi connectivity index (χ3v) is 6.07. The fourth-order valence-corrected chi connectivity index (χ4v) is 4.90. The minimum atomic E-state index is 0.0929. The molecule has 25 heavy (non-hydrogen) atoms. The molecule has 3 aromatic heterocycles. The van der Waals surface area contributed by atoms with Crippen molar-refractivity contribution in [3.8, 4) is 0 Å². The molecule has 0 saturated carbocycles. The highest BCUT2D eigenvalue weighted by Gasteiger charge is 2.32. The minimum Gasteiger partial charge on any atom is -0.331 e. The van der Waals surface area contributed by atoms with Gasteiger partial charge in [0.25, 0.3) is 5.91 Å². The molecule has 3 aromatic rings. The van der Waals surface area contributed by atoms with Crippen molar-refractivity contribution >= 4 is 28.3 Å². The van der Waals surface area contributed by atoms with Gasteiger partial charge in [-0.3, -0.25) is 9.48 Å². The van der Waals surface area contributed by atoms with Gasteiger partial charge in [0.2, 0.25) is 0 Å². The molecular weight excluding hydrogens is 332 g/mol. The van der Waals surface area contributed by atoms with E-state index < -0.39 is 0 Å². The van der Waals surface area contributed by atoms with Crippen LogP contribution in [0.4, 0.5) is 0 Å². The number of nitrogens with zero attached hydrogens (tertiary/aromatic N) is 4. The third kappa shape index (κ3) is 2.47. The first kappa shape index (κ1) is 16.3. The second kappa shape index (κ2) is 5.95. The number of pyridine rings is 1. The van der Waals surface area contributed by atoms with Gasteiger partial charge in [-0.1, -0.05) is 6.92 Å². The lowest BCUT2D eigenvalue weighted by Crippen LogP contribution is -2.39. The zero-order valence-corrected chi connectivity index (χ0v) is 15.9. The smallest absolute Gasteiger partial charge is 0.255 e. The average molecular weight is 354 g/mol. The quantitative estimate of drug-likeness (QED) is 0.703. The summed E-state index contributed by atoms with van der Waals surface area (Å²) in [5.74, 6) is 0.0929. The molecule has 0 fully saturated rings. The standard InChI is InChI=1S/C19H22N4OS/c1-5-15-13-7-9-25-16(13)6-8-23(15)19(24)14-10-11(2)20-18-17(14)12(3)21-22(18)4/h7,9-10,15H,5-6,8H2,1-4H3. The van der Waals surface area contributed by atoms with Crippen LogP contribution in [0.15, 0.2) is 17.5 Å². The van der Waals surface area contributed by atoms with E-state index in [0.29, 0.717) is 0 Å². The molecule has 1 atom stereocenters. The molecule has 5 nitrogen and oxygen atoms in total. The van der Waals surface area contributed by atoms with E-state index in [1.807, 2.05) is 31.9 Å². The summed E-state index contributed by atoms with van der Waals surface area (Å²) in [4.78, 5) is 21.5. The van der Waals surface area contributed by atoms with Crippen molar-refractivity contribution in [2.24, 2.45) is 7.05 Å². The van der Waals surface area contributed by atoms with Gasteiger partial charge in [-0.25, -0.2) is 4.98 Å². The summed E-state index contributed by atoms with van der Waals surface area (Å²) in [6.07, 6.45) is 1.86. The van der Waals surface area contributed by atoms with Gasteiger partial charge in [0.15, 0.2) is 5.65 Å². The van der Waals surface area contributed by atoms with E-state index in [0.717, 1.165) is 47.4 Å². The molecule has 0 aliphatic carbocycles. The highest BCUT2D eigenvalue weighted by atomic mass is 32.1. The SMILES string of the molecule is CCC1c2ccsc2CCN1C(=O)c1cc(C)nc2c1c(C)nn2C. The second-order valence-electron chi connectivity index (χ2n) is 6.69. The minimum absolute atomic E-state index is 0.0929. The van der Waals surface area contributed by atoms with Gasteiger partial charge in [-0.15, -0.1) is 11.3 Å². The highest BCUT2D eigenvalue weighted by Crippen LogP contribution is 2.36. The topological polar surface area (TPSA) is 51.0 Å². The maximum Gasteiger partial charge on any atom is 0.255 e. The molecule has 0 spiro atoms. The Morgan fingerprint density at radius 3 is 2.96 bits per heavy atom. The van der Waals surface area contributed by atoms with Crippen LogP contribution in [0.1, 0.15) is 51.6 Å². The summed E-state index contributed by atoms with van der Waals surface area (Å²) >= 11 is 1.80. The molecule has 4 rings (SSSR count). The highest BCUT2D eigenvalue weighted by molar-refractivity contribution is 7.10. The van der Waals surface area contributed by atoms with Gasteiger partial charge in [-0.05, 0) is 49.8 Å². The Kier molecular flexibility index (Phi) is 3.87. The van der Waals surface area contributed by atoms with Crippen molar-refractivity contribution in [2.75, 3.05) is 6.54 Å². The van der Waals surface area contributed by atoms with Gasteiger partial charge < -0.3 is 4.90 Å². The Labute approximate surface area is 151 Å². The van der Waals surface area contributed by atoms with E-state index in [1.54, 1.807) is 16.0 Å². The summed E-state index contributed by atoms with van der Waals surface area (Å²) < 4.78 is 1.76. The van der Waals surface area contributed by atoms with Gasteiger partial charge in [0, 0.05) is 24.2 Å². The Bertz CT molecular complexity index is 971. The van der Waals surface area contributed by atoms with Crippen molar-refractivity contribution in [2.45, 2.75) is 39.7 Å². The van der Waals surface area contributed by atoms with Gasteiger partial charge >= 0.3 is 0 Å². The molecule has 130 valence electrons. The van der Waals surface area contributed by atoms with Crippen LogP contribution in [-0.2, 0) is 13.5 Å². The van der Waals surface area contributed by atoms with Crippen LogP contribution in [0.3, 0.4) is 0 Å². The van der Waals surface area contributed by atoms with Crippen LogP contribution in [0.2, 0.25) is 0 Å². The van der Waals surface area contributed by atoms with E-state index in [4.69, 9.17) is 0 Å². The Balaban J connectivity index is 1.83. The predicted molar refractivity (Wildman–Crippen MR) is 100 cm³/mol. The molecule has 1 amide bonds. The third-order valence-electron chi connectivity index (χ3n) is 5.07. The van der Waals surface area contributed by atoms with Crippen molar-refractivity contribution in [3.05, 3.63) is 44.9 Å². The first-order valence-electron chi connectivity index (χ1n) is 8.69. The summed E-state index contributed by atoms with van der Waals surface area (Å²) in [6.45, 7) is 6.80. The molecule has 0 aromatic carbocycles. The number of aryl methyl sites for hydroxylation is 3. The number of carbonyl (C=O) groups is 1. The lowest BCUT2D eigenvalue weighted by molar-refractivity contribution is 0.0659. The first-order valence-corrected chi connectivity index (χ1v) is 9.57. The normalized spacial score (nSPS) is 17.1. The van der Waals surface area contributed by atoms with Crippen LogP contribution in [0.5, 0.6) is 0 Å². The van der Waals surface area contributed by atoms with Crippen LogP contribution in [0, 0.1) is 13.8 Å². The molecule has 4 heterocycles. The largest absolute Gasteiger partial charge is 0.331 e. The number of aromatic nitrogens is 3. The summed E-state index contributed by atoms with van der Waals surface area (Å²) in [5, 5.41) is 7.49. The number of thiophene rings is 1. The van der Waals surface area contributed by atoms with Crippen LogP contribution in [0.25, 0.3) is 11.0 Å². The zero-order chi connectivity index (χ0) is 17.7. The monoisotopic (exact) mass is 354 g/mol. The maximum absolute atomic E-state index is 13.5. The lowest BCUT2D eigenvalue weighted by atomic mass is 9.96. The molecule has 0 radical (unpaired) electrons. The van der Waals surface area contributed by atoms with Gasteiger partial charge in [-0.2, -0.15) is 5.10 Å². The molecule has 0 N–H and O–H groups in total. The fraction of sp³-hybridized carbons (Fsp3) is 0.421. The molecular formula is C19H22N4OS. The van der Waals surface area contributed by atoms with Crippen LogP contribution in [-0.4, -0.2) is 32.1 Å². The maximum atomic E-state index is 13.5. The van der Waals surface area contributed by atoms with E-state index in [1.165, 1.54) is 10.4 Å². The molecule has 1 unspecified atom stereocenters. The number of rotatable bonds is 2. The Hall–Kier alpha value is -2.21. The molecule has 1 aliphatic heterocycles. The number of carbonyl (C=O) groups excluding carboxylic acids is 1. The van der Waals surface area contributed by atoms with Gasteiger partial charge in [0.05, 0.1) is 22.7 Å². The lowest BCUT2D eigenvalue weighted by Gasteiger charge is -2.35. The first-order chi connectivity index (χ1) is 12.0. The zero-order valence-electron chi connectivity index (χ0n) is 15.0. The Morgan fingerprint density at radius 2 is 2.20 bits per heavy atom. The fourth-order valence-electron chi connectivity index (χ4n) is 3.97. The van der Waals surface area contributed by atoms with E-state index in [2.05, 4.69) is 28.5 Å². The number of amides is 1. The molecule has 0 bridgehead atoms. The molecule has 6 heteroatoms. The van der Waals surface area contributed by atoms with E-state index in [-0.39, 0.29) is 11.9 Å². The predicted octanol–water partition coefficient (Wildman–Crippen LogP) is 3.80. The van der Waals surface area contributed by atoms with Crippen LogP contribution < -0.4 is 0 Å². The van der Waals surface area contributed by atoms with Crippen molar-refractivity contribution in [3.63, 3.8) is 0 Å². The van der Waals surface area contributed by atoms with Crippen molar-refractivity contribution in [1.29, 1.82) is 0 Å². The number of hydrogen-bond donors (Lipinski definition) is 0.